The minimum absolute atomic E-state index is 0.163. The Hall–Kier alpha value is -3.53. The summed E-state index contributed by atoms with van der Waals surface area (Å²) in [5.41, 5.74) is 3.76. The highest BCUT2D eigenvalue weighted by Crippen LogP contribution is 2.55. The maximum Gasteiger partial charge on any atom is 0.343 e. The van der Waals surface area contributed by atoms with E-state index in [1.54, 1.807) is 6.07 Å². The number of ether oxygens (including phenoxy) is 2. The topological polar surface area (TPSA) is 48.7 Å². The van der Waals surface area contributed by atoms with Gasteiger partial charge in [0, 0.05) is 23.5 Å². The van der Waals surface area contributed by atoms with E-state index in [4.69, 9.17) is 13.9 Å². The molecular weight excluding hydrogens is 364 g/mol. The number of hydrogen-bond donors (Lipinski definition) is 0. The molecule has 0 amide bonds. The predicted molar refractivity (Wildman–Crippen MR) is 109 cm³/mol. The summed E-state index contributed by atoms with van der Waals surface area (Å²) < 4.78 is 18.8. The van der Waals surface area contributed by atoms with E-state index in [1.807, 2.05) is 67.6 Å². The van der Waals surface area contributed by atoms with Gasteiger partial charge in [-0.1, -0.05) is 54.6 Å². The Morgan fingerprint density at radius 2 is 1.72 bits per heavy atom. The van der Waals surface area contributed by atoms with E-state index in [9.17, 15) is 4.79 Å². The largest absolute Gasteiger partial charge is 0.448 e. The Balaban J connectivity index is 1.70. The summed E-state index contributed by atoms with van der Waals surface area (Å²) in [6.45, 7) is 2.03. The highest BCUT2D eigenvalue weighted by Gasteiger charge is 2.51. The van der Waals surface area contributed by atoms with Crippen LogP contribution in [0.25, 0.3) is 11.0 Å². The number of rotatable bonds is 1. The van der Waals surface area contributed by atoms with Gasteiger partial charge in [-0.15, -0.1) is 0 Å². The average Bonchev–Trinajstić information content (AvgIpc) is 2.74. The van der Waals surface area contributed by atoms with E-state index in [1.165, 1.54) is 0 Å². The van der Waals surface area contributed by atoms with Gasteiger partial charge in [0.1, 0.15) is 17.1 Å². The van der Waals surface area contributed by atoms with Crippen LogP contribution in [0.1, 0.15) is 34.6 Å². The van der Waals surface area contributed by atoms with Gasteiger partial charge in [-0.2, -0.15) is 0 Å². The van der Waals surface area contributed by atoms with E-state index in [0.29, 0.717) is 23.3 Å². The van der Waals surface area contributed by atoms with Crippen molar-refractivity contribution in [3.8, 4) is 11.5 Å². The monoisotopic (exact) mass is 382 g/mol. The van der Waals surface area contributed by atoms with Crippen molar-refractivity contribution in [2.45, 2.75) is 25.0 Å². The standard InChI is InChI=1S/C25H18O4/c1-15-11-12-17-19-14-25(28-21(17)13-15,16-7-3-2-4-8-16)29-23-18-9-5-6-10-20(18)27-24(26)22(19)23/h2-13,19H,14H2,1H3/t19-,25-/m0/s1. The average molecular weight is 382 g/mol. The third-order valence-electron chi connectivity index (χ3n) is 5.92. The summed E-state index contributed by atoms with van der Waals surface area (Å²) in [4.78, 5) is 13.0. The van der Waals surface area contributed by atoms with Crippen molar-refractivity contribution in [2.75, 3.05) is 0 Å². The summed E-state index contributed by atoms with van der Waals surface area (Å²) in [5, 5.41) is 0.784. The van der Waals surface area contributed by atoms with Crippen LogP contribution in [-0.2, 0) is 5.79 Å². The van der Waals surface area contributed by atoms with E-state index < -0.39 is 5.79 Å². The van der Waals surface area contributed by atoms with E-state index in [2.05, 4.69) is 6.07 Å². The van der Waals surface area contributed by atoms with Crippen molar-refractivity contribution in [2.24, 2.45) is 0 Å². The van der Waals surface area contributed by atoms with Crippen molar-refractivity contribution in [1.29, 1.82) is 0 Å². The lowest BCUT2D eigenvalue weighted by Crippen LogP contribution is -2.48. The normalized spacial score (nSPS) is 21.6. The fourth-order valence-corrected chi connectivity index (χ4v) is 4.57. The fourth-order valence-electron chi connectivity index (χ4n) is 4.57. The highest BCUT2D eigenvalue weighted by atomic mass is 16.7. The molecule has 142 valence electrons. The molecule has 2 aliphatic rings. The van der Waals surface area contributed by atoms with Crippen molar-refractivity contribution in [1.82, 2.24) is 0 Å². The molecule has 0 spiro atoms. The lowest BCUT2D eigenvalue weighted by molar-refractivity contribution is -0.148. The molecule has 3 heterocycles. The molecule has 0 saturated heterocycles. The molecule has 29 heavy (non-hydrogen) atoms. The molecule has 4 heteroatoms. The van der Waals surface area contributed by atoms with Gasteiger partial charge in [0.05, 0.1) is 10.9 Å². The quantitative estimate of drug-likeness (QED) is 0.421. The SMILES string of the molecule is Cc1ccc2c(c1)O[C@@]1(c3ccccc3)C[C@@H]2c2c(c3ccccc3oc2=O)O1. The Morgan fingerprint density at radius 3 is 2.59 bits per heavy atom. The van der Waals surface area contributed by atoms with Crippen LogP contribution in [0, 0.1) is 6.92 Å². The van der Waals surface area contributed by atoms with Crippen LogP contribution in [0.5, 0.6) is 11.5 Å². The number of benzene rings is 3. The molecular formula is C25H18O4. The van der Waals surface area contributed by atoms with Crippen LogP contribution in [-0.4, -0.2) is 0 Å². The molecule has 2 bridgehead atoms. The van der Waals surface area contributed by atoms with Gasteiger partial charge in [0.15, 0.2) is 0 Å². The van der Waals surface area contributed by atoms with Crippen LogP contribution >= 0.6 is 0 Å². The number of fused-ring (bicyclic) bond motifs is 8. The van der Waals surface area contributed by atoms with Crippen LogP contribution in [0.3, 0.4) is 0 Å². The zero-order chi connectivity index (χ0) is 19.6. The zero-order valence-corrected chi connectivity index (χ0v) is 15.8. The molecule has 6 rings (SSSR count). The first-order chi connectivity index (χ1) is 14.1. The van der Waals surface area contributed by atoms with E-state index in [0.717, 1.165) is 27.8 Å². The molecule has 0 unspecified atom stereocenters. The molecule has 0 aliphatic carbocycles. The first kappa shape index (κ1) is 16.4. The van der Waals surface area contributed by atoms with Gasteiger partial charge >= 0.3 is 5.63 Å². The molecule has 0 N–H and O–H groups in total. The lowest BCUT2D eigenvalue weighted by Gasteiger charge is -2.46. The number of para-hydroxylation sites is 1. The maximum atomic E-state index is 13.0. The van der Waals surface area contributed by atoms with Crippen LogP contribution in [0.4, 0.5) is 0 Å². The third kappa shape index (κ3) is 2.29. The lowest BCUT2D eigenvalue weighted by atomic mass is 9.78. The summed E-state index contributed by atoms with van der Waals surface area (Å²) >= 11 is 0. The molecule has 1 aromatic heterocycles. The summed E-state index contributed by atoms with van der Waals surface area (Å²) in [6, 6.07) is 23.5. The van der Waals surface area contributed by atoms with Gasteiger partial charge in [-0.3, -0.25) is 0 Å². The molecule has 2 atom stereocenters. The predicted octanol–water partition coefficient (Wildman–Crippen LogP) is 5.26. The van der Waals surface area contributed by atoms with Crippen LogP contribution in [0.15, 0.2) is 82.0 Å². The molecule has 4 aromatic rings. The Morgan fingerprint density at radius 1 is 0.931 bits per heavy atom. The smallest absolute Gasteiger partial charge is 0.343 e. The number of hydrogen-bond acceptors (Lipinski definition) is 4. The highest BCUT2D eigenvalue weighted by molar-refractivity contribution is 5.85. The van der Waals surface area contributed by atoms with Gasteiger partial charge in [-0.05, 0) is 30.7 Å². The maximum absolute atomic E-state index is 13.0. The van der Waals surface area contributed by atoms with Crippen LogP contribution < -0.4 is 15.1 Å². The molecule has 0 radical (unpaired) electrons. The Bertz CT molecular complexity index is 1320. The van der Waals surface area contributed by atoms with Gasteiger partial charge < -0.3 is 13.9 Å². The second-order valence-electron chi connectivity index (χ2n) is 7.75. The fraction of sp³-hybridized carbons (Fsp3) is 0.160. The minimum atomic E-state index is -0.990. The van der Waals surface area contributed by atoms with Gasteiger partial charge in [0.2, 0.25) is 0 Å². The first-order valence-corrected chi connectivity index (χ1v) is 9.74. The summed E-state index contributed by atoms with van der Waals surface area (Å²) in [5.74, 6) is 0.159. The van der Waals surface area contributed by atoms with Crippen molar-refractivity contribution in [3.63, 3.8) is 0 Å². The molecule has 0 saturated carbocycles. The van der Waals surface area contributed by atoms with Gasteiger partial charge in [0.25, 0.3) is 5.79 Å². The van der Waals surface area contributed by atoms with Crippen molar-refractivity contribution < 1.29 is 13.9 Å². The van der Waals surface area contributed by atoms with Crippen molar-refractivity contribution >= 4 is 11.0 Å². The minimum Gasteiger partial charge on any atom is -0.448 e. The number of aryl methyl sites for hydroxylation is 1. The first-order valence-electron chi connectivity index (χ1n) is 9.74. The third-order valence-corrected chi connectivity index (χ3v) is 5.92. The summed E-state index contributed by atoms with van der Waals surface area (Å²) in [7, 11) is 0. The van der Waals surface area contributed by atoms with E-state index >= 15 is 0 Å². The molecule has 2 aliphatic heterocycles. The van der Waals surface area contributed by atoms with Gasteiger partial charge in [-0.25, -0.2) is 4.79 Å². The molecule has 3 aromatic carbocycles. The zero-order valence-electron chi connectivity index (χ0n) is 15.8. The van der Waals surface area contributed by atoms with E-state index in [-0.39, 0.29) is 11.5 Å². The Labute approximate surface area is 167 Å². The second-order valence-corrected chi connectivity index (χ2v) is 7.75. The second kappa shape index (κ2) is 5.74. The van der Waals surface area contributed by atoms with Crippen molar-refractivity contribution in [3.05, 3.63) is 105 Å². The molecule has 4 nitrogen and oxygen atoms in total. The van der Waals surface area contributed by atoms with Crippen LogP contribution in [0.2, 0.25) is 0 Å². The molecule has 0 fully saturated rings. The Kier molecular flexibility index (Phi) is 3.25. The summed E-state index contributed by atoms with van der Waals surface area (Å²) in [6.07, 6.45) is 0.517.